The van der Waals surface area contributed by atoms with Crippen molar-refractivity contribution in [1.82, 2.24) is 10.1 Å². The molecular weight excluding hydrogens is 342 g/mol. The normalized spacial score (nSPS) is 10.5. The van der Waals surface area contributed by atoms with Crippen molar-refractivity contribution in [3.8, 4) is 22.9 Å². The monoisotopic (exact) mass is 359 g/mol. The van der Waals surface area contributed by atoms with Crippen LogP contribution in [0.5, 0.6) is 11.5 Å². The number of benzene rings is 2. The molecule has 1 heterocycles. The van der Waals surface area contributed by atoms with Crippen LogP contribution in [-0.2, 0) is 6.54 Å². The van der Waals surface area contributed by atoms with Gasteiger partial charge in [-0.25, -0.2) is 0 Å². The van der Waals surface area contributed by atoms with Gasteiger partial charge < -0.3 is 19.3 Å². The molecule has 0 fully saturated rings. The Hall–Kier alpha value is -2.73. The topological polar surface area (TPSA) is 69.4 Å². The van der Waals surface area contributed by atoms with Gasteiger partial charge in [0.05, 0.1) is 25.3 Å². The molecule has 1 aromatic heterocycles. The van der Waals surface area contributed by atoms with E-state index < -0.39 is 0 Å². The van der Waals surface area contributed by atoms with Gasteiger partial charge in [0.15, 0.2) is 0 Å². The third kappa shape index (κ3) is 4.22. The van der Waals surface area contributed by atoms with Gasteiger partial charge in [-0.05, 0) is 49.4 Å². The lowest BCUT2D eigenvalue weighted by Gasteiger charge is -2.07. The van der Waals surface area contributed by atoms with Crippen LogP contribution >= 0.6 is 11.6 Å². The first-order valence-electron chi connectivity index (χ1n) is 7.83. The molecule has 0 aliphatic carbocycles. The smallest absolute Gasteiger partial charge is 0.246 e. The third-order valence-corrected chi connectivity index (χ3v) is 3.78. The quantitative estimate of drug-likeness (QED) is 0.673. The minimum absolute atomic E-state index is 0.396. The number of aromatic nitrogens is 2. The summed E-state index contributed by atoms with van der Waals surface area (Å²) in [6.45, 7) is 2.97. The zero-order valence-electron chi connectivity index (χ0n) is 14.0. The van der Waals surface area contributed by atoms with Gasteiger partial charge in [-0.1, -0.05) is 16.8 Å². The lowest BCUT2D eigenvalue weighted by atomic mass is 10.2. The number of rotatable bonds is 7. The van der Waals surface area contributed by atoms with Crippen molar-refractivity contribution in [2.75, 3.05) is 19.0 Å². The third-order valence-electron chi connectivity index (χ3n) is 3.49. The van der Waals surface area contributed by atoms with Crippen molar-refractivity contribution >= 4 is 17.3 Å². The Bertz CT molecular complexity index is 834. The molecule has 0 saturated carbocycles. The fraction of sp³-hybridized carbons (Fsp3) is 0.222. The van der Waals surface area contributed by atoms with E-state index in [1.54, 1.807) is 19.2 Å². The van der Waals surface area contributed by atoms with Crippen LogP contribution in [0.15, 0.2) is 47.0 Å². The number of anilines is 1. The van der Waals surface area contributed by atoms with Crippen LogP contribution in [0, 0.1) is 0 Å². The van der Waals surface area contributed by atoms with Crippen molar-refractivity contribution in [2.24, 2.45) is 0 Å². The second kappa shape index (κ2) is 7.90. The fourth-order valence-electron chi connectivity index (χ4n) is 2.26. The number of hydrogen-bond donors (Lipinski definition) is 1. The average Bonchev–Trinajstić information content (AvgIpc) is 3.10. The van der Waals surface area contributed by atoms with E-state index >= 15 is 0 Å². The zero-order chi connectivity index (χ0) is 17.6. The Morgan fingerprint density at radius 3 is 2.64 bits per heavy atom. The molecule has 3 rings (SSSR count). The highest BCUT2D eigenvalue weighted by atomic mass is 35.5. The van der Waals surface area contributed by atoms with E-state index in [9.17, 15) is 0 Å². The van der Waals surface area contributed by atoms with Gasteiger partial charge in [-0.2, -0.15) is 4.98 Å². The largest absolute Gasteiger partial charge is 0.495 e. The van der Waals surface area contributed by atoms with Crippen LogP contribution in [0.2, 0.25) is 5.02 Å². The zero-order valence-corrected chi connectivity index (χ0v) is 14.7. The Morgan fingerprint density at radius 1 is 1.16 bits per heavy atom. The molecule has 2 aromatic carbocycles. The van der Waals surface area contributed by atoms with Crippen LogP contribution in [-0.4, -0.2) is 23.9 Å². The Balaban J connectivity index is 1.64. The van der Waals surface area contributed by atoms with Crippen LogP contribution in [0.1, 0.15) is 12.8 Å². The van der Waals surface area contributed by atoms with Gasteiger partial charge in [0.2, 0.25) is 11.7 Å². The molecule has 3 aromatic rings. The number of ether oxygens (including phenoxy) is 2. The molecule has 0 spiro atoms. The summed E-state index contributed by atoms with van der Waals surface area (Å²) < 4.78 is 15.8. The lowest BCUT2D eigenvalue weighted by molar-refractivity contribution is 0.340. The Morgan fingerprint density at radius 2 is 1.96 bits per heavy atom. The van der Waals surface area contributed by atoms with E-state index in [4.69, 9.17) is 25.6 Å². The summed E-state index contributed by atoms with van der Waals surface area (Å²) in [6, 6.07) is 13.0. The first-order chi connectivity index (χ1) is 12.2. The highest BCUT2D eigenvalue weighted by Gasteiger charge is 2.09. The van der Waals surface area contributed by atoms with Crippen molar-refractivity contribution in [3.63, 3.8) is 0 Å². The van der Waals surface area contributed by atoms with Crippen LogP contribution in [0.4, 0.5) is 5.69 Å². The average molecular weight is 360 g/mol. The van der Waals surface area contributed by atoms with Crippen LogP contribution in [0.25, 0.3) is 11.4 Å². The summed E-state index contributed by atoms with van der Waals surface area (Å²) in [5.41, 5.74) is 1.71. The summed E-state index contributed by atoms with van der Waals surface area (Å²) in [5.74, 6) is 2.46. The number of halogens is 1. The van der Waals surface area contributed by atoms with E-state index in [0.717, 1.165) is 17.0 Å². The van der Waals surface area contributed by atoms with E-state index in [-0.39, 0.29) is 0 Å². The molecule has 0 bridgehead atoms. The predicted molar refractivity (Wildman–Crippen MR) is 96.2 cm³/mol. The molecule has 0 aliphatic rings. The number of methoxy groups -OCH3 is 1. The standard InChI is InChI=1S/C18H18ClN3O3/c1-3-24-14-7-4-12(5-8-14)18-21-17(25-22-18)11-20-13-6-9-16(23-2)15(19)10-13/h4-10,20H,3,11H2,1-2H3. The summed E-state index contributed by atoms with van der Waals surface area (Å²) in [7, 11) is 1.58. The summed E-state index contributed by atoms with van der Waals surface area (Å²) in [5, 5.41) is 7.73. The number of nitrogens with one attached hydrogen (secondary N) is 1. The van der Waals surface area contributed by atoms with E-state index in [2.05, 4.69) is 15.5 Å². The molecule has 1 N–H and O–H groups in total. The van der Waals surface area contributed by atoms with E-state index in [1.165, 1.54) is 0 Å². The first-order valence-corrected chi connectivity index (χ1v) is 8.20. The van der Waals surface area contributed by atoms with Crippen molar-refractivity contribution in [1.29, 1.82) is 0 Å². The molecule has 0 amide bonds. The van der Waals surface area contributed by atoms with Gasteiger partial charge in [0.1, 0.15) is 11.5 Å². The molecule has 7 heteroatoms. The highest BCUT2D eigenvalue weighted by Crippen LogP contribution is 2.27. The Labute approximate surface area is 150 Å². The highest BCUT2D eigenvalue weighted by molar-refractivity contribution is 6.32. The van der Waals surface area contributed by atoms with Crippen molar-refractivity contribution in [2.45, 2.75) is 13.5 Å². The molecule has 0 atom stereocenters. The molecule has 6 nitrogen and oxygen atoms in total. The van der Waals surface area contributed by atoms with E-state index in [0.29, 0.717) is 35.6 Å². The molecule has 130 valence electrons. The van der Waals surface area contributed by atoms with Crippen LogP contribution < -0.4 is 14.8 Å². The summed E-state index contributed by atoms with van der Waals surface area (Å²) in [6.07, 6.45) is 0. The molecular formula is C18H18ClN3O3. The Kier molecular flexibility index (Phi) is 5.40. The van der Waals surface area contributed by atoms with Gasteiger partial charge in [-0.15, -0.1) is 0 Å². The number of hydrogen-bond acceptors (Lipinski definition) is 6. The van der Waals surface area contributed by atoms with Crippen molar-refractivity contribution in [3.05, 3.63) is 53.4 Å². The molecule has 0 aliphatic heterocycles. The second-order valence-electron chi connectivity index (χ2n) is 5.17. The maximum absolute atomic E-state index is 6.10. The SMILES string of the molecule is CCOc1ccc(-c2noc(CNc3ccc(OC)c(Cl)c3)n2)cc1. The lowest BCUT2D eigenvalue weighted by Crippen LogP contribution is -2.00. The van der Waals surface area contributed by atoms with Gasteiger partial charge in [-0.3, -0.25) is 0 Å². The van der Waals surface area contributed by atoms with Crippen molar-refractivity contribution < 1.29 is 14.0 Å². The fourth-order valence-corrected chi connectivity index (χ4v) is 2.52. The minimum atomic E-state index is 0.396. The maximum Gasteiger partial charge on any atom is 0.246 e. The molecule has 25 heavy (non-hydrogen) atoms. The summed E-state index contributed by atoms with van der Waals surface area (Å²) in [4.78, 5) is 4.39. The van der Waals surface area contributed by atoms with Gasteiger partial charge in [0, 0.05) is 11.3 Å². The van der Waals surface area contributed by atoms with E-state index in [1.807, 2.05) is 37.3 Å². The number of nitrogens with zero attached hydrogens (tertiary/aromatic N) is 2. The minimum Gasteiger partial charge on any atom is -0.495 e. The first kappa shape index (κ1) is 17.1. The predicted octanol–water partition coefficient (Wildman–Crippen LogP) is 4.41. The van der Waals surface area contributed by atoms with Crippen LogP contribution in [0.3, 0.4) is 0 Å². The molecule has 0 saturated heterocycles. The summed E-state index contributed by atoms with van der Waals surface area (Å²) >= 11 is 6.10. The van der Waals surface area contributed by atoms with Gasteiger partial charge >= 0.3 is 0 Å². The van der Waals surface area contributed by atoms with Gasteiger partial charge in [0.25, 0.3) is 0 Å². The second-order valence-corrected chi connectivity index (χ2v) is 5.58. The molecule has 0 radical (unpaired) electrons. The maximum atomic E-state index is 6.10. The molecule has 0 unspecified atom stereocenters.